The number of rotatable bonds is 15. The molecule has 11 heteroatoms. The van der Waals surface area contributed by atoms with Gasteiger partial charge < -0.3 is 15.0 Å². The molecule has 44 heavy (non-hydrogen) atoms. The number of hydrogen-bond donors (Lipinski definition) is 3. The number of alkyl halides is 3. The van der Waals surface area contributed by atoms with Gasteiger partial charge in [0, 0.05) is 29.5 Å². The normalized spacial score (nSPS) is 14.7. The van der Waals surface area contributed by atoms with E-state index in [2.05, 4.69) is 23.9 Å². The van der Waals surface area contributed by atoms with Crippen LogP contribution in [0.25, 0.3) is 11.3 Å². The summed E-state index contributed by atoms with van der Waals surface area (Å²) < 4.78 is 60.6. The third-order valence-electron chi connectivity index (χ3n) is 7.93. The fourth-order valence-electron chi connectivity index (χ4n) is 4.99. The van der Waals surface area contributed by atoms with Gasteiger partial charge in [0.05, 0.1) is 21.4 Å². The van der Waals surface area contributed by atoms with Crippen LogP contribution in [0.1, 0.15) is 116 Å². The lowest BCUT2D eigenvalue weighted by Crippen LogP contribution is -2.37. The summed E-state index contributed by atoms with van der Waals surface area (Å²) in [5.74, 6) is -1.02. The number of carboxylic acids is 1. The van der Waals surface area contributed by atoms with Crippen molar-refractivity contribution >= 4 is 22.9 Å². The average molecular weight is 642 g/mol. The van der Waals surface area contributed by atoms with E-state index in [-0.39, 0.29) is 28.3 Å². The molecule has 0 aliphatic heterocycles. The van der Waals surface area contributed by atoms with E-state index >= 15 is 0 Å². The number of aromatic nitrogens is 1. The SMILES string of the molecule is CCCCC(CC)Cn1c(-c2ccc(S(=O)NC(C)(C)C)c(C(F)(F)F)c2)cc(C(=O)NC(C)CCC(C)(C)C(=O)O)c1C. The summed E-state index contributed by atoms with van der Waals surface area (Å²) in [6.45, 7) is 16.8. The van der Waals surface area contributed by atoms with Gasteiger partial charge in [0.25, 0.3) is 5.91 Å². The molecule has 248 valence electrons. The van der Waals surface area contributed by atoms with E-state index in [0.29, 0.717) is 36.3 Å². The van der Waals surface area contributed by atoms with Crippen LogP contribution in [0, 0.1) is 18.3 Å². The van der Waals surface area contributed by atoms with E-state index in [0.717, 1.165) is 31.7 Å². The standard InChI is InChI=1S/C33H50F3N3O4S/c1-10-12-13-23(11-2)20-39-22(4)25(29(40)37-21(3)16-17-32(8,9)30(41)42)19-27(39)24-14-15-28(26(18-24)33(34,35)36)44(43)38-31(5,6)7/h14-15,18-19,21,23,38H,10-13,16-17,20H2,1-9H3,(H,37,40)(H,41,42). The summed E-state index contributed by atoms with van der Waals surface area (Å²) >= 11 is 0. The second kappa shape index (κ2) is 15.1. The van der Waals surface area contributed by atoms with Crippen LogP contribution >= 0.6 is 0 Å². The molecule has 1 aromatic carbocycles. The maximum absolute atomic E-state index is 14.3. The highest BCUT2D eigenvalue weighted by Gasteiger charge is 2.36. The zero-order valence-electron chi connectivity index (χ0n) is 27.6. The van der Waals surface area contributed by atoms with Crippen LogP contribution in [0.2, 0.25) is 0 Å². The van der Waals surface area contributed by atoms with Crippen molar-refractivity contribution in [2.75, 3.05) is 0 Å². The first-order valence-corrected chi connectivity index (χ1v) is 16.5. The molecule has 2 rings (SSSR count). The highest BCUT2D eigenvalue weighted by Crippen LogP contribution is 2.38. The number of hydrogen-bond acceptors (Lipinski definition) is 3. The summed E-state index contributed by atoms with van der Waals surface area (Å²) in [6, 6.07) is 5.11. The van der Waals surface area contributed by atoms with Crippen molar-refractivity contribution in [1.82, 2.24) is 14.6 Å². The lowest BCUT2D eigenvalue weighted by molar-refractivity contribution is -0.147. The molecule has 1 aromatic heterocycles. The van der Waals surface area contributed by atoms with Crippen molar-refractivity contribution in [2.24, 2.45) is 11.3 Å². The number of amides is 1. The smallest absolute Gasteiger partial charge is 0.417 e. The van der Waals surface area contributed by atoms with Crippen molar-refractivity contribution in [3.05, 3.63) is 41.1 Å². The van der Waals surface area contributed by atoms with Gasteiger partial charge >= 0.3 is 12.1 Å². The van der Waals surface area contributed by atoms with Crippen LogP contribution in [0.3, 0.4) is 0 Å². The molecule has 1 amide bonds. The van der Waals surface area contributed by atoms with Gasteiger partial charge in [-0.25, -0.2) is 8.93 Å². The molecule has 0 aliphatic rings. The van der Waals surface area contributed by atoms with E-state index in [1.807, 2.05) is 4.57 Å². The van der Waals surface area contributed by atoms with Crippen LogP contribution in [0.5, 0.6) is 0 Å². The Hall–Kier alpha value is -2.66. The van der Waals surface area contributed by atoms with Crippen LogP contribution in [0.4, 0.5) is 13.2 Å². The Morgan fingerprint density at radius 2 is 1.68 bits per heavy atom. The highest BCUT2D eigenvalue weighted by molar-refractivity contribution is 7.83. The fraction of sp³-hybridized carbons (Fsp3) is 0.636. The Labute approximate surface area is 263 Å². The number of carbonyl (C=O) groups is 2. The fourth-order valence-corrected chi connectivity index (χ4v) is 6.22. The first-order valence-electron chi connectivity index (χ1n) is 15.4. The number of carboxylic acid groups (broad SMARTS) is 1. The highest BCUT2D eigenvalue weighted by atomic mass is 32.2. The molecule has 2 aromatic rings. The number of carbonyl (C=O) groups excluding carboxylic acids is 1. The predicted octanol–water partition coefficient (Wildman–Crippen LogP) is 8.12. The van der Waals surface area contributed by atoms with Crippen molar-refractivity contribution in [1.29, 1.82) is 0 Å². The number of benzene rings is 1. The van der Waals surface area contributed by atoms with Crippen molar-refractivity contribution in [2.45, 2.75) is 130 Å². The Balaban J connectivity index is 2.59. The molecule has 0 saturated heterocycles. The molecule has 0 spiro atoms. The van der Waals surface area contributed by atoms with Crippen LogP contribution in [-0.2, 0) is 28.5 Å². The van der Waals surface area contributed by atoms with Crippen LogP contribution < -0.4 is 10.0 Å². The molecule has 0 bridgehead atoms. The van der Waals surface area contributed by atoms with Crippen molar-refractivity contribution in [3.63, 3.8) is 0 Å². The largest absolute Gasteiger partial charge is 0.481 e. The first kappa shape index (κ1) is 37.5. The molecule has 0 saturated carbocycles. The molecule has 7 nitrogen and oxygen atoms in total. The number of unbranched alkanes of at least 4 members (excludes halogenated alkanes) is 1. The van der Waals surface area contributed by atoms with Crippen molar-refractivity contribution in [3.8, 4) is 11.3 Å². The van der Waals surface area contributed by atoms with Gasteiger partial charge in [-0.15, -0.1) is 0 Å². The molecular formula is C33H50F3N3O4S. The van der Waals surface area contributed by atoms with Crippen molar-refractivity contribution < 1.29 is 32.1 Å². The topological polar surface area (TPSA) is 100 Å². The third kappa shape index (κ3) is 10.2. The molecule has 3 N–H and O–H groups in total. The van der Waals surface area contributed by atoms with Gasteiger partial charge in [-0.2, -0.15) is 13.2 Å². The molecule has 3 unspecified atom stereocenters. The number of nitrogens with zero attached hydrogens (tertiary/aromatic N) is 1. The zero-order valence-corrected chi connectivity index (χ0v) is 28.4. The minimum absolute atomic E-state index is 0.262. The Kier molecular flexibility index (Phi) is 12.9. The molecule has 3 atom stereocenters. The first-order chi connectivity index (χ1) is 20.2. The lowest BCUT2D eigenvalue weighted by atomic mass is 9.86. The minimum Gasteiger partial charge on any atom is -0.481 e. The maximum atomic E-state index is 14.3. The second-order valence-corrected chi connectivity index (χ2v) is 14.7. The van der Waals surface area contributed by atoms with E-state index in [1.54, 1.807) is 54.5 Å². The molecular weight excluding hydrogens is 591 g/mol. The molecule has 0 aliphatic carbocycles. The van der Waals surface area contributed by atoms with E-state index in [4.69, 9.17) is 0 Å². The van der Waals surface area contributed by atoms with Gasteiger partial charge in [-0.05, 0) is 97.4 Å². The van der Waals surface area contributed by atoms with Crippen LogP contribution in [0.15, 0.2) is 29.2 Å². The molecule has 0 fully saturated rings. The van der Waals surface area contributed by atoms with E-state index in [9.17, 15) is 32.1 Å². The van der Waals surface area contributed by atoms with Crippen LogP contribution in [-0.4, -0.2) is 37.3 Å². The quantitative estimate of drug-likeness (QED) is 0.183. The Bertz CT molecular complexity index is 1330. The van der Waals surface area contributed by atoms with Gasteiger partial charge in [-0.3, -0.25) is 9.59 Å². The lowest BCUT2D eigenvalue weighted by Gasteiger charge is -2.23. The molecule has 1 heterocycles. The van der Waals surface area contributed by atoms with E-state index < -0.39 is 39.6 Å². The van der Waals surface area contributed by atoms with Gasteiger partial charge in [0.2, 0.25) is 0 Å². The van der Waals surface area contributed by atoms with Gasteiger partial charge in [-0.1, -0.05) is 39.2 Å². The minimum atomic E-state index is -4.75. The van der Waals surface area contributed by atoms with E-state index in [1.165, 1.54) is 12.1 Å². The number of aliphatic carboxylic acids is 1. The summed E-state index contributed by atoms with van der Waals surface area (Å²) in [6.07, 6.45) is -0.0736. The summed E-state index contributed by atoms with van der Waals surface area (Å²) in [7, 11) is -2.10. The maximum Gasteiger partial charge on any atom is 0.417 e. The Morgan fingerprint density at radius 1 is 1.05 bits per heavy atom. The molecule has 0 radical (unpaired) electrons. The number of halogens is 3. The summed E-state index contributed by atoms with van der Waals surface area (Å²) in [5.41, 5.74) is -0.852. The summed E-state index contributed by atoms with van der Waals surface area (Å²) in [4.78, 5) is 24.6. The van der Waals surface area contributed by atoms with Gasteiger partial charge in [0.1, 0.15) is 11.0 Å². The average Bonchev–Trinajstić information content (AvgIpc) is 3.23. The zero-order chi connectivity index (χ0) is 33.6. The predicted molar refractivity (Wildman–Crippen MR) is 170 cm³/mol. The summed E-state index contributed by atoms with van der Waals surface area (Å²) in [5, 5.41) is 12.4. The second-order valence-electron chi connectivity index (χ2n) is 13.5. The number of nitrogens with one attached hydrogen (secondary N) is 2. The van der Waals surface area contributed by atoms with Gasteiger partial charge in [0.15, 0.2) is 0 Å². The Morgan fingerprint density at radius 3 is 2.20 bits per heavy atom. The third-order valence-corrected chi connectivity index (χ3v) is 9.49. The monoisotopic (exact) mass is 641 g/mol.